The number of carbonyl (C=O) groups is 2. The summed E-state index contributed by atoms with van der Waals surface area (Å²) in [5.41, 5.74) is 2.09. The fraction of sp³-hybridized carbons (Fsp3) is 0.364. The molecule has 1 aliphatic heterocycles. The van der Waals surface area contributed by atoms with Crippen molar-refractivity contribution in [1.82, 2.24) is 5.32 Å². The van der Waals surface area contributed by atoms with Crippen LogP contribution in [0.3, 0.4) is 0 Å². The van der Waals surface area contributed by atoms with Crippen LogP contribution in [0.25, 0.3) is 0 Å². The number of rotatable bonds is 6. The summed E-state index contributed by atoms with van der Waals surface area (Å²) >= 11 is 6.29. The number of anilines is 1. The maximum atomic E-state index is 12.9. The van der Waals surface area contributed by atoms with Crippen molar-refractivity contribution in [2.45, 2.75) is 32.7 Å². The predicted octanol–water partition coefficient (Wildman–Crippen LogP) is 4.60. The number of nitrogens with one attached hydrogen (secondary N) is 1. The number of carbonyl (C=O) groups excluding carboxylic acids is 2. The van der Waals surface area contributed by atoms with Gasteiger partial charge in [-0.25, -0.2) is 0 Å². The number of methoxy groups -OCH3 is 1. The molecule has 0 radical (unpaired) electrons. The lowest BCUT2D eigenvalue weighted by Crippen LogP contribution is -2.32. The van der Waals surface area contributed by atoms with Gasteiger partial charge in [0.1, 0.15) is 5.75 Å². The number of nitrogens with zero attached hydrogens (tertiary/aromatic N) is 1. The molecule has 1 fully saturated rings. The Morgan fingerprint density at radius 1 is 1.18 bits per heavy atom. The summed E-state index contributed by atoms with van der Waals surface area (Å²) in [7, 11) is 1.62. The van der Waals surface area contributed by atoms with Crippen LogP contribution in [0.15, 0.2) is 42.5 Å². The number of hydrogen-bond donors (Lipinski definition) is 1. The molecule has 0 spiro atoms. The summed E-state index contributed by atoms with van der Waals surface area (Å²) < 4.78 is 5.21. The summed E-state index contributed by atoms with van der Waals surface area (Å²) in [6, 6.07) is 12.6. The summed E-state index contributed by atoms with van der Waals surface area (Å²) in [5, 5.41) is 3.58. The van der Waals surface area contributed by atoms with Gasteiger partial charge in [0, 0.05) is 18.5 Å². The molecular formula is C22H25ClN2O3. The van der Waals surface area contributed by atoms with Crippen LogP contribution >= 0.6 is 11.6 Å². The molecule has 6 heteroatoms. The van der Waals surface area contributed by atoms with E-state index in [0.29, 0.717) is 29.2 Å². The van der Waals surface area contributed by atoms with Gasteiger partial charge in [0.05, 0.1) is 23.9 Å². The van der Waals surface area contributed by atoms with Gasteiger partial charge in [-0.15, -0.1) is 0 Å². The van der Waals surface area contributed by atoms with Gasteiger partial charge in [-0.05, 0) is 48.2 Å². The van der Waals surface area contributed by atoms with Crippen LogP contribution in [0.4, 0.5) is 5.69 Å². The van der Waals surface area contributed by atoms with Crippen LogP contribution in [0.1, 0.15) is 48.7 Å². The molecule has 1 N–H and O–H groups in total. The highest BCUT2D eigenvalue weighted by atomic mass is 35.5. The fourth-order valence-electron chi connectivity index (χ4n) is 3.43. The first-order valence-corrected chi connectivity index (χ1v) is 9.83. The third kappa shape index (κ3) is 4.30. The van der Waals surface area contributed by atoms with Crippen LogP contribution in [-0.2, 0) is 4.79 Å². The first-order chi connectivity index (χ1) is 13.4. The molecule has 1 saturated heterocycles. The number of hydrogen-bond acceptors (Lipinski definition) is 3. The molecule has 2 aromatic rings. The Balaban J connectivity index is 1.83. The van der Waals surface area contributed by atoms with E-state index in [1.807, 2.05) is 24.3 Å². The highest BCUT2D eigenvalue weighted by Gasteiger charge is 2.25. The zero-order valence-electron chi connectivity index (χ0n) is 16.4. The van der Waals surface area contributed by atoms with Crippen molar-refractivity contribution in [3.8, 4) is 5.75 Å². The lowest BCUT2D eigenvalue weighted by molar-refractivity contribution is -0.117. The van der Waals surface area contributed by atoms with Crippen LogP contribution in [-0.4, -0.2) is 25.5 Å². The van der Waals surface area contributed by atoms with E-state index in [0.717, 1.165) is 17.7 Å². The van der Waals surface area contributed by atoms with Gasteiger partial charge in [-0.1, -0.05) is 37.6 Å². The van der Waals surface area contributed by atoms with E-state index < -0.39 is 0 Å². The molecule has 0 saturated carbocycles. The smallest absolute Gasteiger partial charge is 0.251 e. The predicted molar refractivity (Wildman–Crippen MR) is 111 cm³/mol. The molecule has 28 heavy (non-hydrogen) atoms. The SMILES string of the molecule is COc1ccc(C(NC(=O)c2ccc(Cl)c(N3CCCC3=O)c2)C(C)C)cc1. The molecule has 2 aromatic carbocycles. The third-order valence-corrected chi connectivity index (χ3v) is 5.32. The Morgan fingerprint density at radius 3 is 2.46 bits per heavy atom. The van der Waals surface area contributed by atoms with Gasteiger partial charge in [0.25, 0.3) is 5.91 Å². The van der Waals surface area contributed by atoms with Crippen LogP contribution in [0, 0.1) is 5.92 Å². The molecule has 2 amide bonds. The van der Waals surface area contributed by atoms with E-state index in [2.05, 4.69) is 19.2 Å². The van der Waals surface area contributed by atoms with Crippen molar-refractivity contribution in [2.75, 3.05) is 18.6 Å². The van der Waals surface area contributed by atoms with Crippen molar-refractivity contribution in [2.24, 2.45) is 5.92 Å². The van der Waals surface area contributed by atoms with Crippen LogP contribution < -0.4 is 15.0 Å². The Hall–Kier alpha value is -2.53. The number of benzene rings is 2. The fourth-order valence-corrected chi connectivity index (χ4v) is 3.65. The zero-order chi connectivity index (χ0) is 20.3. The monoisotopic (exact) mass is 400 g/mol. The summed E-state index contributed by atoms with van der Waals surface area (Å²) in [5.74, 6) is 0.816. The summed E-state index contributed by atoms with van der Waals surface area (Å²) in [6.45, 7) is 4.75. The Labute approximate surface area is 170 Å². The zero-order valence-corrected chi connectivity index (χ0v) is 17.1. The lowest BCUT2D eigenvalue weighted by Gasteiger charge is -2.24. The van der Waals surface area contributed by atoms with Crippen molar-refractivity contribution in [1.29, 1.82) is 0 Å². The average molecular weight is 401 g/mol. The van der Waals surface area contributed by atoms with Crippen molar-refractivity contribution in [3.05, 3.63) is 58.6 Å². The average Bonchev–Trinajstić information content (AvgIpc) is 3.12. The Bertz CT molecular complexity index is 865. The largest absolute Gasteiger partial charge is 0.497 e. The topological polar surface area (TPSA) is 58.6 Å². The number of amides is 2. The Kier molecular flexibility index (Phi) is 6.25. The number of halogens is 1. The molecule has 1 atom stereocenters. The molecule has 0 aromatic heterocycles. The van der Waals surface area contributed by atoms with E-state index in [4.69, 9.17) is 16.3 Å². The van der Waals surface area contributed by atoms with Gasteiger partial charge in [0.2, 0.25) is 5.91 Å². The molecule has 0 aliphatic carbocycles. The normalized spacial score (nSPS) is 15.0. The summed E-state index contributed by atoms with van der Waals surface area (Å²) in [6.07, 6.45) is 1.32. The molecule has 1 aliphatic rings. The van der Waals surface area contributed by atoms with Gasteiger partial charge in [0.15, 0.2) is 0 Å². The Morgan fingerprint density at radius 2 is 1.89 bits per heavy atom. The highest BCUT2D eigenvalue weighted by molar-refractivity contribution is 6.34. The second-order valence-electron chi connectivity index (χ2n) is 7.28. The van der Waals surface area contributed by atoms with E-state index in [-0.39, 0.29) is 23.8 Å². The van der Waals surface area contributed by atoms with Gasteiger partial charge in [-0.2, -0.15) is 0 Å². The van der Waals surface area contributed by atoms with E-state index in [1.165, 1.54) is 0 Å². The molecule has 1 unspecified atom stereocenters. The maximum Gasteiger partial charge on any atom is 0.251 e. The van der Waals surface area contributed by atoms with Crippen molar-refractivity contribution >= 4 is 29.1 Å². The molecule has 1 heterocycles. The quantitative estimate of drug-likeness (QED) is 0.770. The van der Waals surface area contributed by atoms with Crippen LogP contribution in [0.2, 0.25) is 5.02 Å². The second-order valence-corrected chi connectivity index (χ2v) is 7.69. The third-order valence-electron chi connectivity index (χ3n) is 5.00. The minimum atomic E-state index is -0.195. The number of ether oxygens (including phenoxy) is 1. The van der Waals surface area contributed by atoms with E-state index >= 15 is 0 Å². The first-order valence-electron chi connectivity index (χ1n) is 9.45. The lowest BCUT2D eigenvalue weighted by atomic mass is 9.95. The van der Waals surface area contributed by atoms with E-state index in [9.17, 15) is 9.59 Å². The van der Waals surface area contributed by atoms with Gasteiger partial charge >= 0.3 is 0 Å². The van der Waals surface area contributed by atoms with Crippen molar-refractivity contribution in [3.63, 3.8) is 0 Å². The second kappa shape index (κ2) is 8.65. The minimum Gasteiger partial charge on any atom is -0.497 e. The van der Waals surface area contributed by atoms with Gasteiger partial charge in [-0.3, -0.25) is 9.59 Å². The summed E-state index contributed by atoms with van der Waals surface area (Å²) in [4.78, 5) is 26.7. The molecular weight excluding hydrogens is 376 g/mol. The first kappa shape index (κ1) is 20.2. The minimum absolute atomic E-state index is 0.0396. The standard InChI is InChI=1S/C22H25ClN2O3/c1-14(2)21(15-6-9-17(28-3)10-7-15)24-22(27)16-8-11-18(23)19(13-16)25-12-4-5-20(25)26/h6-11,13-14,21H,4-5,12H2,1-3H3,(H,24,27). The molecule has 3 rings (SSSR count). The van der Waals surface area contributed by atoms with Crippen LogP contribution in [0.5, 0.6) is 5.75 Å². The van der Waals surface area contributed by atoms with Gasteiger partial charge < -0.3 is 15.0 Å². The van der Waals surface area contributed by atoms with E-state index in [1.54, 1.807) is 30.2 Å². The highest BCUT2D eigenvalue weighted by Crippen LogP contribution is 2.31. The maximum absolute atomic E-state index is 12.9. The van der Waals surface area contributed by atoms with Crippen molar-refractivity contribution < 1.29 is 14.3 Å². The molecule has 5 nitrogen and oxygen atoms in total. The molecule has 0 bridgehead atoms. The molecule has 148 valence electrons.